The van der Waals surface area contributed by atoms with Crippen LogP contribution >= 0.6 is 22.9 Å². The summed E-state index contributed by atoms with van der Waals surface area (Å²) < 4.78 is 4.79. The normalized spacial score (nSPS) is 12.2. The summed E-state index contributed by atoms with van der Waals surface area (Å²) in [4.78, 5) is 12.7. The molecule has 0 aliphatic heterocycles. The molecule has 0 aliphatic rings. The fraction of sp³-hybridized carbons (Fsp3) is 0.214. The average Bonchev–Trinajstić information content (AvgIpc) is 2.87. The monoisotopic (exact) mass is 280 g/mol. The zero-order chi connectivity index (χ0) is 13.1. The first-order valence-electron chi connectivity index (χ1n) is 5.54. The lowest BCUT2D eigenvalue weighted by molar-refractivity contribution is 0.0600. The van der Waals surface area contributed by atoms with Crippen molar-refractivity contribution in [2.75, 3.05) is 7.11 Å². The van der Waals surface area contributed by atoms with Crippen LogP contribution in [-0.4, -0.2) is 13.1 Å². The Morgan fingerprint density at radius 3 is 2.56 bits per heavy atom. The van der Waals surface area contributed by atoms with Gasteiger partial charge in [0.25, 0.3) is 0 Å². The molecule has 0 saturated heterocycles. The number of carbonyl (C=O) groups is 1. The van der Waals surface area contributed by atoms with Crippen molar-refractivity contribution in [3.8, 4) is 0 Å². The van der Waals surface area contributed by atoms with Crippen molar-refractivity contribution in [1.82, 2.24) is 0 Å². The van der Waals surface area contributed by atoms with Gasteiger partial charge in [-0.15, -0.1) is 11.3 Å². The molecule has 0 bridgehead atoms. The van der Waals surface area contributed by atoms with Crippen molar-refractivity contribution >= 4 is 28.9 Å². The quantitative estimate of drug-likeness (QED) is 0.782. The molecule has 0 fully saturated rings. The molecule has 2 nitrogen and oxygen atoms in total. The summed E-state index contributed by atoms with van der Waals surface area (Å²) in [7, 11) is 1.40. The minimum absolute atomic E-state index is 0.149. The molecule has 0 N–H and O–H groups in total. The Hall–Kier alpha value is -1.32. The fourth-order valence-corrected chi connectivity index (χ4v) is 2.93. The fourth-order valence-electron chi connectivity index (χ4n) is 1.84. The van der Waals surface area contributed by atoms with E-state index in [2.05, 4.69) is 6.92 Å². The van der Waals surface area contributed by atoms with Crippen LogP contribution in [-0.2, 0) is 4.74 Å². The lowest BCUT2D eigenvalue weighted by Gasteiger charge is -2.12. The Morgan fingerprint density at radius 1 is 1.28 bits per heavy atom. The summed E-state index contributed by atoms with van der Waals surface area (Å²) >= 11 is 7.44. The Kier molecular flexibility index (Phi) is 4.04. The molecular formula is C14H13ClO2S. The van der Waals surface area contributed by atoms with E-state index in [1.54, 1.807) is 17.4 Å². The first kappa shape index (κ1) is 13.1. The number of halogens is 1. The van der Waals surface area contributed by atoms with Crippen molar-refractivity contribution in [2.24, 2.45) is 0 Å². The summed E-state index contributed by atoms with van der Waals surface area (Å²) in [5.41, 5.74) is 1.77. The number of esters is 1. The smallest absolute Gasteiger partial charge is 0.339 e. The Labute approximate surface area is 115 Å². The number of rotatable bonds is 3. The number of hydrogen-bond donors (Lipinski definition) is 0. The number of ether oxygens (including phenoxy) is 1. The molecule has 0 radical (unpaired) electrons. The lowest BCUT2D eigenvalue weighted by Crippen LogP contribution is -2.05. The minimum atomic E-state index is -0.285. The molecular weight excluding hydrogens is 268 g/mol. The number of carbonyl (C=O) groups excluding carboxylic acids is 1. The third-order valence-electron chi connectivity index (χ3n) is 2.86. The number of methoxy groups -OCH3 is 1. The van der Waals surface area contributed by atoms with E-state index in [4.69, 9.17) is 16.3 Å². The molecule has 0 amide bonds. The highest BCUT2D eigenvalue weighted by Gasteiger charge is 2.19. The highest BCUT2D eigenvalue weighted by atomic mass is 35.5. The van der Waals surface area contributed by atoms with E-state index in [0.717, 1.165) is 10.4 Å². The van der Waals surface area contributed by atoms with Gasteiger partial charge in [-0.05, 0) is 29.1 Å². The SMILES string of the molecule is COC(=O)c1ccsc1C(C)c1ccc(Cl)cc1. The largest absolute Gasteiger partial charge is 0.465 e. The molecule has 0 aliphatic carbocycles. The average molecular weight is 281 g/mol. The maximum Gasteiger partial charge on any atom is 0.339 e. The van der Waals surface area contributed by atoms with Crippen LogP contribution in [0, 0.1) is 0 Å². The molecule has 1 aromatic heterocycles. The predicted octanol–water partition coefficient (Wildman–Crippen LogP) is 4.34. The van der Waals surface area contributed by atoms with E-state index in [9.17, 15) is 4.79 Å². The van der Waals surface area contributed by atoms with Crippen molar-refractivity contribution in [2.45, 2.75) is 12.8 Å². The van der Waals surface area contributed by atoms with Crippen LogP contribution in [0.4, 0.5) is 0 Å². The van der Waals surface area contributed by atoms with Gasteiger partial charge in [-0.2, -0.15) is 0 Å². The number of hydrogen-bond acceptors (Lipinski definition) is 3. The van der Waals surface area contributed by atoms with E-state index < -0.39 is 0 Å². The third kappa shape index (κ3) is 2.57. The van der Waals surface area contributed by atoms with Gasteiger partial charge in [0, 0.05) is 15.8 Å². The van der Waals surface area contributed by atoms with Gasteiger partial charge in [0.15, 0.2) is 0 Å². The third-order valence-corrected chi connectivity index (χ3v) is 4.22. The first-order chi connectivity index (χ1) is 8.63. The van der Waals surface area contributed by atoms with Crippen LogP contribution in [0.15, 0.2) is 35.7 Å². The lowest BCUT2D eigenvalue weighted by atomic mass is 9.97. The summed E-state index contributed by atoms with van der Waals surface area (Å²) in [6.45, 7) is 2.07. The van der Waals surface area contributed by atoms with Gasteiger partial charge >= 0.3 is 5.97 Å². The van der Waals surface area contributed by atoms with Crippen molar-refractivity contribution in [1.29, 1.82) is 0 Å². The molecule has 18 heavy (non-hydrogen) atoms. The summed E-state index contributed by atoms with van der Waals surface area (Å²) in [5.74, 6) is -0.136. The highest BCUT2D eigenvalue weighted by molar-refractivity contribution is 7.10. The maximum atomic E-state index is 11.6. The zero-order valence-electron chi connectivity index (χ0n) is 10.1. The molecule has 0 saturated carbocycles. The standard InChI is InChI=1S/C14H13ClO2S/c1-9(10-3-5-11(15)6-4-10)13-12(7-8-18-13)14(16)17-2/h3-9H,1-2H3. The summed E-state index contributed by atoms with van der Waals surface area (Å²) in [5, 5.41) is 2.62. The molecule has 94 valence electrons. The van der Waals surface area contributed by atoms with Gasteiger partial charge < -0.3 is 4.74 Å². The molecule has 2 rings (SSSR count). The van der Waals surface area contributed by atoms with E-state index in [0.29, 0.717) is 10.6 Å². The Balaban J connectivity index is 2.34. The summed E-state index contributed by atoms with van der Waals surface area (Å²) in [6, 6.07) is 9.48. The Bertz CT molecular complexity index is 545. The van der Waals surface area contributed by atoms with Crippen molar-refractivity contribution < 1.29 is 9.53 Å². The summed E-state index contributed by atoms with van der Waals surface area (Å²) in [6.07, 6.45) is 0. The minimum Gasteiger partial charge on any atom is -0.465 e. The molecule has 4 heteroatoms. The van der Waals surface area contributed by atoms with Gasteiger partial charge in [0.05, 0.1) is 12.7 Å². The maximum absolute atomic E-state index is 11.6. The highest BCUT2D eigenvalue weighted by Crippen LogP contribution is 2.32. The van der Waals surface area contributed by atoms with Crippen LogP contribution in [0.3, 0.4) is 0 Å². The van der Waals surface area contributed by atoms with E-state index in [1.165, 1.54) is 7.11 Å². The van der Waals surface area contributed by atoms with Gasteiger partial charge in [-0.25, -0.2) is 4.79 Å². The van der Waals surface area contributed by atoms with Crippen LogP contribution in [0.1, 0.15) is 33.6 Å². The molecule has 0 spiro atoms. The molecule has 1 unspecified atom stereocenters. The topological polar surface area (TPSA) is 26.3 Å². The first-order valence-corrected chi connectivity index (χ1v) is 6.80. The van der Waals surface area contributed by atoms with E-state index in [-0.39, 0.29) is 11.9 Å². The number of thiophene rings is 1. The predicted molar refractivity (Wildman–Crippen MR) is 74.6 cm³/mol. The second-order valence-corrected chi connectivity index (χ2v) is 5.35. The zero-order valence-corrected chi connectivity index (χ0v) is 11.7. The van der Waals surface area contributed by atoms with E-state index in [1.807, 2.05) is 29.6 Å². The van der Waals surface area contributed by atoms with Crippen LogP contribution in [0.25, 0.3) is 0 Å². The number of benzene rings is 1. The van der Waals surface area contributed by atoms with Gasteiger partial charge in [0.1, 0.15) is 0 Å². The molecule has 1 aromatic carbocycles. The van der Waals surface area contributed by atoms with E-state index >= 15 is 0 Å². The Morgan fingerprint density at radius 2 is 1.94 bits per heavy atom. The second kappa shape index (κ2) is 5.55. The molecule has 2 aromatic rings. The second-order valence-electron chi connectivity index (χ2n) is 3.96. The molecule has 1 atom stereocenters. The van der Waals surface area contributed by atoms with Gasteiger partial charge in [-0.3, -0.25) is 0 Å². The molecule has 1 heterocycles. The van der Waals surface area contributed by atoms with Crippen LogP contribution in [0.5, 0.6) is 0 Å². The van der Waals surface area contributed by atoms with Crippen molar-refractivity contribution in [3.63, 3.8) is 0 Å². The van der Waals surface area contributed by atoms with Crippen LogP contribution < -0.4 is 0 Å². The van der Waals surface area contributed by atoms with Gasteiger partial charge in [-0.1, -0.05) is 30.7 Å². The van der Waals surface area contributed by atoms with Gasteiger partial charge in [0.2, 0.25) is 0 Å². The van der Waals surface area contributed by atoms with Crippen molar-refractivity contribution in [3.05, 3.63) is 56.7 Å². The van der Waals surface area contributed by atoms with Crippen LogP contribution in [0.2, 0.25) is 5.02 Å².